The van der Waals surface area contributed by atoms with Gasteiger partial charge in [-0.1, -0.05) is 6.07 Å². The van der Waals surface area contributed by atoms with Crippen LogP contribution in [0.4, 0.5) is 0 Å². The van der Waals surface area contributed by atoms with Crippen molar-refractivity contribution in [3.63, 3.8) is 0 Å². The minimum absolute atomic E-state index is 0.132. The van der Waals surface area contributed by atoms with Crippen molar-refractivity contribution in [3.8, 4) is 10.7 Å². The van der Waals surface area contributed by atoms with Crippen molar-refractivity contribution in [1.82, 2.24) is 14.9 Å². The molecule has 0 radical (unpaired) electrons. The highest BCUT2D eigenvalue weighted by atomic mass is 32.1. The SMILES string of the molecule is CC1CN(C(=O)CCc2csc(-c3ccccn3)n2)CCO1. The highest BCUT2D eigenvalue weighted by Crippen LogP contribution is 2.22. The zero-order chi connectivity index (χ0) is 15.4. The number of hydrogen-bond donors (Lipinski definition) is 0. The molecule has 6 heteroatoms. The number of hydrogen-bond acceptors (Lipinski definition) is 5. The van der Waals surface area contributed by atoms with Crippen LogP contribution in [-0.2, 0) is 16.0 Å². The number of rotatable bonds is 4. The van der Waals surface area contributed by atoms with Crippen LogP contribution in [0, 0.1) is 0 Å². The van der Waals surface area contributed by atoms with Crippen LogP contribution in [0.25, 0.3) is 10.7 Å². The normalized spacial score (nSPS) is 18.4. The van der Waals surface area contributed by atoms with Crippen LogP contribution >= 0.6 is 11.3 Å². The molecule has 1 saturated heterocycles. The first-order chi connectivity index (χ1) is 10.7. The number of aromatic nitrogens is 2. The molecule has 1 amide bonds. The van der Waals surface area contributed by atoms with Crippen molar-refractivity contribution in [2.45, 2.75) is 25.9 Å². The molecule has 0 spiro atoms. The Bertz CT molecular complexity index is 629. The summed E-state index contributed by atoms with van der Waals surface area (Å²) in [7, 11) is 0. The number of carbonyl (C=O) groups is 1. The Balaban J connectivity index is 1.56. The van der Waals surface area contributed by atoms with Crippen molar-refractivity contribution in [3.05, 3.63) is 35.5 Å². The second-order valence-electron chi connectivity index (χ2n) is 5.38. The molecule has 2 aromatic heterocycles. The third kappa shape index (κ3) is 3.69. The summed E-state index contributed by atoms with van der Waals surface area (Å²) in [6, 6.07) is 5.79. The van der Waals surface area contributed by atoms with Crippen molar-refractivity contribution in [2.75, 3.05) is 19.7 Å². The van der Waals surface area contributed by atoms with E-state index in [1.807, 2.05) is 35.4 Å². The van der Waals surface area contributed by atoms with Gasteiger partial charge in [0.2, 0.25) is 5.91 Å². The Morgan fingerprint density at radius 1 is 1.50 bits per heavy atom. The van der Waals surface area contributed by atoms with Gasteiger partial charge in [-0.2, -0.15) is 0 Å². The zero-order valence-corrected chi connectivity index (χ0v) is 13.4. The number of morpholine rings is 1. The summed E-state index contributed by atoms with van der Waals surface area (Å²) in [5.41, 5.74) is 1.84. The molecule has 1 atom stereocenters. The van der Waals surface area contributed by atoms with Crippen LogP contribution in [-0.4, -0.2) is 46.6 Å². The molecule has 116 valence electrons. The Kier molecular flexibility index (Phi) is 4.80. The van der Waals surface area contributed by atoms with Crippen molar-refractivity contribution in [1.29, 1.82) is 0 Å². The number of thiazole rings is 1. The van der Waals surface area contributed by atoms with Crippen LogP contribution < -0.4 is 0 Å². The third-order valence-corrected chi connectivity index (χ3v) is 4.54. The van der Waals surface area contributed by atoms with E-state index in [1.165, 1.54) is 0 Å². The molecule has 0 N–H and O–H groups in total. The maximum atomic E-state index is 12.2. The van der Waals surface area contributed by atoms with E-state index in [1.54, 1.807) is 17.5 Å². The highest BCUT2D eigenvalue weighted by molar-refractivity contribution is 7.13. The summed E-state index contributed by atoms with van der Waals surface area (Å²) in [5.74, 6) is 0.183. The van der Waals surface area contributed by atoms with Gasteiger partial charge in [-0.15, -0.1) is 11.3 Å². The number of ether oxygens (including phenoxy) is 1. The van der Waals surface area contributed by atoms with Gasteiger partial charge in [0.05, 0.1) is 24.1 Å². The average molecular weight is 317 g/mol. The lowest BCUT2D eigenvalue weighted by molar-refractivity contribution is -0.138. The lowest BCUT2D eigenvalue weighted by Crippen LogP contribution is -2.44. The van der Waals surface area contributed by atoms with Gasteiger partial charge >= 0.3 is 0 Å². The molecule has 1 aliphatic heterocycles. The number of nitrogens with zero attached hydrogens (tertiary/aromatic N) is 3. The minimum atomic E-state index is 0.132. The van der Waals surface area contributed by atoms with Crippen molar-refractivity contribution < 1.29 is 9.53 Å². The minimum Gasteiger partial charge on any atom is -0.375 e. The molecule has 5 nitrogen and oxygen atoms in total. The van der Waals surface area contributed by atoms with Crippen LogP contribution in [0.15, 0.2) is 29.8 Å². The van der Waals surface area contributed by atoms with Crippen LogP contribution in [0.5, 0.6) is 0 Å². The number of amides is 1. The Morgan fingerprint density at radius 3 is 3.18 bits per heavy atom. The predicted octanol–water partition coefficient (Wildman–Crippen LogP) is 2.39. The fraction of sp³-hybridized carbons (Fsp3) is 0.438. The van der Waals surface area contributed by atoms with Crippen molar-refractivity contribution in [2.24, 2.45) is 0 Å². The highest BCUT2D eigenvalue weighted by Gasteiger charge is 2.21. The lowest BCUT2D eigenvalue weighted by atomic mass is 10.2. The maximum absolute atomic E-state index is 12.2. The Labute approximate surface area is 134 Å². The quantitative estimate of drug-likeness (QED) is 0.869. The lowest BCUT2D eigenvalue weighted by Gasteiger charge is -2.31. The molecular formula is C16H19N3O2S. The van der Waals surface area contributed by atoms with E-state index in [4.69, 9.17) is 4.74 Å². The van der Waals surface area contributed by atoms with Gasteiger partial charge in [-0.05, 0) is 25.5 Å². The molecule has 1 aliphatic rings. The van der Waals surface area contributed by atoms with Gasteiger partial charge in [0.15, 0.2) is 0 Å². The molecule has 2 aromatic rings. The second-order valence-corrected chi connectivity index (χ2v) is 6.24. The van der Waals surface area contributed by atoms with Gasteiger partial charge in [0.25, 0.3) is 0 Å². The van der Waals surface area contributed by atoms with Gasteiger partial charge in [-0.3, -0.25) is 9.78 Å². The number of carbonyl (C=O) groups excluding carboxylic acids is 1. The molecule has 0 aromatic carbocycles. The molecule has 0 aliphatic carbocycles. The van der Waals surface area contributed by atoms with E-state index in [0.717, 1.165) is 16.4 Å². The summed E-state index contributed by atoms with van der Waals surface area (Å²) in [6.45, 7) is 4.01. The maximum Gasteiger partial charge on any atom is 0.223 e. The molecule has 3 rings (SSSR count). The summed E-state index contributed by atoms with van der Waals surface area (Å²) >= 11 is 1.57. The summed E-state index contributed by atoms with van der Waals surface area (Å²) in [5, 5.41) is 2.92. The smallest absolute Gasteiger partial charge is 0.223 e. The second kappa shape index (κ2) is 6.98. The van der Waals surface area contributed by atoms with Crippen LogP contribution in [0.1, 0.15) is 19.0 Å². The molecule has 0 saturated carbocycles. The molecule has 1 unspecified atom stereocenters. The first-order valence-corrected chi connectivity index (χ1v) is 8.35. The summed E-state index contributed by atoms with van der Waals surface area (Å²) in [4.78, 5) is 23.0. The van der Waals surface area contributed by atoms with Gasteiger partial charge in [0, 0.05) is 31.1 Å². The summed E-state index contributed by atoms with van der Waals surface area (Å²) < 4.78 is 5.46. The molecule has 0 bridgehead atoms. The standard InChI is InChI=1S/C16H19N3O2S/c1-12-10-19(8-9-21-12)15(20)6-5-13-11-22-16(18-13)14-4-2-3-7-17-14/h2-4,7,11-12H,5-6,8-10H2,1H3. The van der Waals surface area contributed by atoms with Crippen LogP contribution in [0.3, 0.4) is 0 Å². The van der Waals surface area contributed by atoms with E-state index in [9.17, 15) is 4.79 Å². The number of aryl methyl sites for hydroxylation is 1. The molecule has 3 heterocycles. The zero-order valence-electron chi connectivity index (χ0n) is 12.6. The Hall–Kier alpha value is -1.79. The first-order valence-electron chi connectivity index (χ1n) is 7.47. The predicted molar refractivity (Wildman–Crippen MR) is 85.7 cm³/mol. The Morgan fingerprint density at radius 2 is 2.41 bits per heavy atom. The monoisotopic (exact) mass is 317 g/mol. The summed E-state index contributed by atoms with van der Waals surface area (Å²) in [6.07, 6.45) is 3.07. The van der Waals surface area contributed by atoms with E-state index >= 15 is 0 Å². The largest absolute Gasteiger partial charge is 0.375 e. The number of pyridine rings is 1. The van der Waals surface area contributed by atoms with Gasteiger partial charge in [-0.25, -0.2) is 4.98 Å². The molecular weight excluding hydrogens is 298 g/mol. The van der Waals surface area contributed by atoms with Crippen molar-refractivity contribution >= 4 is 17.2 Å². The average Bonchev–Trinajstić information content (AvgIpc) is 3.02. The fourth-order valence-electron chi connectivity index (χ4n) is 2.47. The van der Waals surface area contributed by atoms with E-state index in [-0.39, 0.29) is 12.0 Å². The third-order valence-electron chi connectivity index (χ3n) is 3.62. The molecule has 22 heavy (non-hydrogen) atoms. The van der Waals surface area contributed by atoms with E-state index in [2.05, 4.69) is 9.97 Å². The first kappa shape index (κ1) is 15.1. The topological polar surface area (TPSA) is 55.3 Å². The van der Waals surface area contributed by atoms with Gasteiger partial charge in [0.1, 0.15) is 5.01 Å². The molecule has 1 fully saturated rings. The van der Waals surface area contributed by atoms with Crippen LogP contribution in [0.2, 0.25) is 0 Å². The fourth-order valence-corrected chi connectivity index (χ4v) is 3.30. The van der Waals surface area contributed by atoms with Gasteiger partial charge < -0.3 is 9.64 Å². The van der Waals surface area contributed by atoms with E-state index < -0.39 is 0 Å². The van der Waals surface area contributed by atoms with E-state index in [0.29, 0.717) is 32.5 Å².